The van der Waals surface area contributed by atoms with Gasteiger partial charge in [0.25, 0.3) is 0 Å². The highest BCUT2D eigenvalue weighted by molar-refractivity contribution is 7.07. The van der Waals surface area contributed by atoms with Crippen molar-refractivity contribution in [3.05, 3.63) is 22.7 Å². The van der Waals surface area contributed by atoms with Crippen molar-refractivity contribution in [3.8, 4) is 11.5 Å². The van der Waals surface area contributed by atoms with Gasteiger partial charge < -0.3 is 5.32 Å². The van der Waals surface area contributed by atoms with Crippen LogP contribution in [0.5, 0.6) is 0 Å². The molecule has 0 aliphatic carbocycles. The van der Waals surface area contributed by atoms with Gasteiger partial charge in [0.15, 0.2) is 5.82 Å². The van der Waals surface area contributed by atoms with Gasteiger partial charge >= 0.3 is 0 Å². The molecule has 0 fully saturated rings. The molecule has 2 rings (SSSR count). The van der Waals surface area contributed by atoms with Crippen molar-refractivity contribution in [1.82, 2.24) is 15.0 Å². The molecular formula is C13H18N4S. The monoisotopic (exact) mass is 262 g/mol. The lowest BCUT2D eigenvalue weighted by atomic mass is 10.1. The maximum atomic E-state index is 4.59. The van der Waals surface area contributed by atoms with Crippen molar-refractivity contribution in [2.75, 3.05) is 11.9 Å². The van der Waals surface area contributed by atoms with E-state index in [0.29, 0.717) is 11.7 Å². The molecule has 0 aliphatic rings. The Kier molecular flexibility index (Phi) is 4.25. The Morgan fingerprint density at radius 2 is 2.17 bits per heavy atom. The SMILES string of the molecule is CCNc1cc(CC(C)C)nc(-c2cscn2)n1. The van der Waals surface area contributed by atoms with E-state index in [2.05, 4.69) is 41.0 Å². The van der Waals surface area contributed by atoms with Crippen LogP contribution in [0, 0.1) is 5.92 Å². The molecule has 0 unspecified atom stereocenters. The number of nitrogens with zero attached hydrogens (tertiary/aromatic N) is 3. The lowest BCUT2D eigenvalue weighted by Crippen LogP contribution is -2.06. The number of aromatic nitrogens is 3. The number of anilines is 1. The van der Waals surface area contributed by atoms with Crippen molar-refractivity contribution >= 4 is 17.2 Å². The Balaban J connectivity index is 2.36. The molecule has 0 aliphatic heterocycles. The lowest BCUT2D eigenvalue weighted by molar-refractivity contribution is 0.634. The minimum atomic E-state index is 0.581. The third kappa shape index (κ3) is 3.26. The highest BCUT2D eigenvalue weighted by atomic mass is 32.1. The van der Waals surface area contributed by atoms with Crippen molar-refractivity contribution in [3.63, 3.8) is 0 Å². The zero-order chi connectivity index (χ0) is 13.0. The molecule has 0 amide bonds. The maximum absolute atomic E-state index is 4.59. The molecule has 2 aromatic rings. The fraction of sp³-hybridized carbons (Fsp3) is 0.462. The van der Waals surface area contributed by atoms with E-state index in [1.165, 1.54) is 0 Å². The van der Waals surface area contributed by atoms with Gasteiger partial charge in [-0.15, -0.1) is 11.3 Å². The third-order valence-electron chi connectivity index (χ3n) is 2.42. The minimum Gasteiger partial charge on any atom is -0.370 e. The second kappa shape index (κ2) is 5.91. The summed E-state index contributed by atoms with van der Waals surface area (Å²) in [6.45, 7) is 7.30. The third-order valence-corrected chi connectivity index (χ3v) is 3.00. The van der Waals surface area contributed by atoms with E-state index in [1.807, 2.05) is 11.4 Å². The molecule has 0 saturated heterocycles. The van der Waals surface area contributed by atoms with Gasteiger partial charge in [-0.05, 0) is 19.3 Å². The van der Waals surface area contributed by atoms with Crippen LogP contribution in [0.2, 0.25) is 0 Å². The van der Waals surface area contributed by atoms with E-state index in [-0.39, 0.29) is 0 Å². The van der Waals surface area contributed by atoms with E-state index < -0.39 is 0 Å². The molecule has 2 aromatic heterocycles. The molecule has 96 valence electrons. The highest BCUT2D eigenvalue weighted by Crippen LogP contribution is 2.19. The molecule has 0 aromatic carbocycles. The summed E-state index contributed by atoms with van der Waals surface area (Å²) in [6.07, 6.45) is 0.956. The van der Waals surface area contributed by atoms with E-state index in [9.17, 15) is 0 Å². The van der Waals surface area contributed by atoms with Gasteiger partial charge in [0.1, 0.15) is 11.5 Å². The smallest absolute Gasteiger partial charge is 0.181 e. The summed E-state index contributed by atoms with van der Waals surface area (Å²) >= 11 is 1.56. The van der Waals surface area contributed by atoms with Gasteiger partial charge in [-0.2, -0.15) is 0 Å². The molecule has 0 spiro atoms. The summed E-state index contributed by atoms with van der Waals surface area (Å²) in [4.78, 5) is 13.4. The molecule has 0 bridgehead atoms. The molecule has 2 heterocycles. The Morgan fingerprint density at radius 3 is 2.78 bits per heavy atom. The first-order valence-electron chi connectivity index (χ1n) is 6.19. The lowest BCUT2D eigenvalue weighted by Gasteiger charge is -2.09. The van der Waals surface area contributed by atoms with E-state index in [4.69, 9.17) is 0 Å². The molecule has 5 heteroatoms. The van der Waals surface area contributed by atoms with E-state index >= 15 is 0 Å². The highest BCUT2D eigenvalue weighted by Gasteiger charge is 2.09. The Bertz CT molecular complexity index is 494. The molecule has 18 heavy (non-hydrogen) atoms. The summed E-state index contributed by atoms with van der Waals surface area (Å²) in [5.41, 5.74) is 3.73. The fourth-order valence-corrected chi connectivity index (χ4v) is 2.26. The number of thiazole rings is 1. The molecule has 0 saturated carbocycles. The minimum absolute atomic E-state index is 0.581. The Labute approximate surface area is 112 Å². The van der Waals surface area contributed by atoms with E-state index in [0.717, 1.165) is 30.2 Å². The number of hydrogen-bond donors (Lipinski definition) is 1. The summed E-state index contributed by atoms with van der Waals surface area (Å²) in [5.74, 6) is 2.18. The van der Waals surface area contributed by atoms with Crippen LogP contribution in [-0.4, -0.2) is 21.5 Å². The largest absolute Gasteiger partial charge is 0.370 e. The van der Waals surface area contributed by atoms with Crippen molar-refractivity contribution in [1.29, 1.82) is 0 Å². The maximum Gasteiger partial charge on any atom is 0.181 e. The van der Waals surface area contributed by atoms with Gasteiger partial charge in [-0.3, -0.25) is 0 Å². The Morgan fingerprint density at radius 1 is 1.33 bits per heavy atom. The summed E-state index contributed by atoms with van der Waals surface area (Å²) in [6, 6.07) is 2.03. The molecule has 1 N–H and O–H groups in total. The second-order valence-electron chi connectivity index (χ2n) is 4.57. The zero-order valence-electron chi connectivity index (χ0n) is 11.0. The zero-order valence-corrected chi connectivity index (χ0v) is 11.8. The first-order chi connectivity index (χ1) is 8.69. The fourth-order valence-electron chi connectivity index (χ4n) is 1.73. The second-order valence-corrected chi connectivity index (χ2v) is 5.29. The molecule has 0 atom stereocenters. The summed E-state index contributed by atoms with van der Waals surface area (Å²) in [5, 5.41) is 5.22. The predicted molar refractivity (Wildman–Crippen MR) is 75.8 cm³/mol. The molecular weight excluding hydrogens is 244 g/mol. The summed E-state index contributed by atoms with van der Waals surface area (Å²) < 4.78 is 0. The number of hydrogen-bond acceptors (Lipinski definition) is 5. The van der Waals surface area contributed by atoms with Gasteiger partial charge in [-0.25, -0.2) is 15.0 Å². The predicted octanol–water partition coefficient (Wildman–Crippen LogP) is 3.23. The van der Waals surface area contributed by atoms with Crippen LogP contribution in [0.1, 0.15) is 26.5 Å². The standard InChI is InChI=1S/C13H18N4S/c1-4-14-12-6-10(5-9(2)3)16-13(17-12)11-7-18-8-15-11/h6-9H,4-5H2,1-3H3,(H,14,16,17). The molecule has 0 radical (unpaired) electrons. The van der Waals surface area contributed by atoms with Gasteiger partial charge in [-0.1, -0.05) is 13.8 Å². The van der Waals surface area contributed by atoms with Crippen LogP contribution < -0.4 is 5.32 Å². The quantitative estimate of drug-likeness (QED) is 0.898. The van der Waals surface area contributed by atoms with Crippen molar-refractivity contribution in [2.45, 2.75) is 27.2 Å². The van der Waals surface area contributed by atoms with Crippen LogP contribution in [0.25, 0.3) is 11.5 Å². The van der Waals surface area contributed by atoms with Gasteiger partial charge in [0.2, 0.25) is 0 Å². The van der Waals surface area contributed by atoms with Crippen molar-refractivity contribution in [2.24, 2.45) is 5.92 Å². The van der Waals surface area contributed by atoms with Crippen LogP contribution in [-0.2, 0) is 6.42 Å². The molecule has 4 nitrogen and oxygen atoms in total. The van der Waals surface area contributed by atoms with Crippen molar-refractivity contribution < 1.29 is 0 Å². The van der Waals surface area contributed by atoms with Gasteiger partial charge in [0.05, 0.1) is 5.51 Å². The first-order valence-corrected chi connectivity index (χ1v) is 7.13. The van der Waals surface area contributed by atoms with Crippen LogP contribution >= 0.6 is 11.3 Å². The normalized spacial score (nSPS) is 10.9. The van der Waals surface area contributed by atoms with Gasteiger partial charge in [0, 0.05) is 23.7 Å². The first kappa shape index (κ1) is 13.0. The average Bonchev–Trinajstić information content (AvgIpc) is 2.81. The number of nitrogens with one attached hydrogen (secondary N) is 1. The average molecular weight is 262 g/mol. The van der Waals surface area contributed by atoms with Crippen LogP contribution in [0.3, 0.4) is 0 Å². The summed E-state index contributed by atoms with van der Waals surface area (Å²) in [7, 11) is 0. The topological polar surface area (TPSA) is 50.7 Å². The Hall–Kier alpha value is -1.49. The van der Waals surface area contributed by atoms with E-state index in [1.54, 1.807) is 16.8 Å². The van der Waals surface area contributed by atoms with Crippen LogP contribution in [0.4, 0.5) is 5.82 Å². The number of rotatable bonds is 5. The van der Waals surface area contributed by atoms with Crippen LogP contribution in [0.15, 0.2) is 17.0 Å².